The predicted octanol–water partition coefficient (Wildman–Crippen LogP) is 6.07. The van der Waals surface area contributed by atoms with Crippen LogP contribution in [-0.4, -0.2) is 87.3 Å². The molecular weight excluding hydrogens is 743 g/mol. The minimum Gasteiger partial charge on any atom is -0.457 e. The van der Waals surface area contributed by atoms with Gasteiger partial charge in [0, 0.05) is 32.4 Å². The molecule has 1 amide bonds. The van der Waals surface area contributed by atoms with Crippen molar-refractivity contribution >= 4 is 11.9 Å². The van der Waals surface area contributed by atoms with Gasteiger partial charge in [0.1, 0.15) is 30.5 Å². The van der Waals surface area contributed by atoms with E-state index in [0.717, 1.165) is 22.3 Å². The van der Waals surface area contributed by atoms with E-state index in [1.807, 2.05) is 121 Å². The smallest absolute Gasteiger partial charge is 0.303 e. The molecular formula is C46H53NO11. The summed E-state index contributed by atoms with van der Waals surface area (Å²) in [6, 6.07) is 38.4. The van der Waals surface area contributed by atoms with Gasteiger partial charge >= 0.3 is 5.97 Å². The van der Waals surface area contributed by atoms with Crippen LogP contribution in [-0.2, 0) is 72.0 Å². The Hall–Kier alpha value is -4.50. The molecule has 1 aliphatic carbocycles. The van der Waals surface area contributed by atoms with Crippen molar-refractivity contribution in [3.05, 3.63) is 144 Å². The number of hydrogen-bond donors (Lipinski definition) is 1. The minimum atomic E-state index is -0.906. The van der Waals surface area contributed by atoms with Crippen molar-refractivity contribution in [3.63, 3.8) is 0 Å². The zero-order chi connectivity index (χ0) is 40.3. The first-order chi connectivity index (χ1) is 28.4. The molecule has 7 rings (SSSR count). The van der Waals surface area contributed by atoms with Crippen molar-refractivity contribution in [1.82, 2.24) is 5.32 Å². The van der Waals surface area contributed by atoms with Crippen LogP contribution in [0, 0.1) is 5.92 Å². The average Bonchev–Trinajstić information content (AvgIpc) is 3.24. The summed E-state index contributed by atoms with van der Waals surface area (Å²) < 4.78 is 58.6. The van der Waals surface area contributed by atoms with Crippen LogP contribution >= 0.6 is 0 Å². The van der Waals surface area contributed by atoms with Crippen LogP contribution in [0.15, 0.2) is 121 Å². The normalized spacial score (nSPS) is 29.5. The number of ether oxygens (including phenoxy) is 9. The second-order valence-corrected chi connectivity index (χ2v) is 14.9. The van der Waals surface area contributed by atoms with Crippen molar-refractivity contribution in [1.29, 1.82) is 0 Å². The van der Waals surface area contributed by atoms with Gasteiger partial charge in [-0.25, -0.2) is 0 Å². The van der Waals surface area contributed by atoms with Crippen molar-refractivity contribution < 1.29 is 52.2 Å². The third kappa shape index (κ3) is 10.8. The lowest BCUT2D eigenvalue weighted by Crippen LogP contribution is -2.68. The van der Waals surface area contributed by atoms with E-state index in [4.69, 9.17) is 42.6 Å². The van der Waals surface area contributed by atoms with E-state index < -0.39 is 67.3 Å². The van der Waals surface area contributed by atoms with Gasteiger partial charge < -0.3 is 47.9 Å². The fourth-order valence-corrected chi connectivity index (χ4v) is 8.01. The van der Waals surface area contributed by atoms with E-state index in [1.54, 1.807) is 0 Å². The van der Waals surface area contributed by atoms with Crippen LogP contribution in [0.3, 0.4) is 0 Å². The Morgan fingerprint density at radius 1 is 0.690 bits per heavy atom. The molecule has 0 bridgehead atoms. The molecule has 3 aliphatic rings. The molecule has 1 N–H and O–H groups in total. The molecule has 0 radical (unpaired) electrons. The first-order valence-corrected chi connectivity index (χ1v) is 19.9. The Bertz CT molecular complexity index is 1850. The van der Waals surface area contributed by atoms with Crippen LogP contribution in [0.2, 0.25) is 0 Å². The summed E-state index contributed by atoms with van der Waals surface area (Å²) in [5.74, 6) is -0.984. The third-order valence-corrected chi connectivity index (χ3v) is 10.7. The van der Waals surface area contributed by atoms with E-state index in [-0.39, 0.29) is 31.6 Å². The van der Waals surface area contributed by atoms with Gasteiger partial charge in [0.2, 0.25) is 5.91 Å². The molecule has 1 saturated carbocycles. The number of fused-ring (bicyclic) bond motifs is 1. The van der Waals surface area contributed by atoms with Gasteiger partial charge in [0.05, 0.1) is 45.2 Å². The molecule has 2 heterocycles. The Morgan fingerprint density at radius 3 is 1.83 bits per heavy atom. The van der Waals surface area contributed by atoms with E-state index >= 15 is 0 Å². The molecule has 0 spiro atoms. The topological polar surface area (TPSA) is 129 Å². The zero-order valence-corrected chi connectivity index (χ0v) is 33.1. The molecule has 3 fully saturated rings. The highest BCUT2D eigenvalue weighted by atomic mass is 16.7. The highest BCUT2D eigenvalue weighted by Crippen LogP contribution is 2.42. The molecule has 4 aromatic carbocycles. The highest BCUT2D eigenvalue weighted by Gasteiger charge is 2.55. The fourth-order valence-electron chi connectivity index (χ4n) is 8.01. The summed E-state index contributed by atoms with van der Waals surface area (Å²) >= 11 is 0. The van der Waals surface area contributed by atoms with Crippen LogP contribution in [0.25, 0.3) is 0 Å². The largest absolute Gasteiger partial charge is 0.457 e. The maximum absolute atomic E-state index is 13.0. The SMILES string of the molecule is CO[C@@H]1O[C@H](COCc2ccccc2)[C@@H](O[C@@H]2C[C@@H]3CO[C@@H](c4ccccc4)O[C@H]3[C@H](OCc3ccccc3)[C@H]2OC(C)=O)[C@H](OCc2ccccc2)[C@H]1NC(C)=O. The van der Waals surface area contributed by atoms with Gasteiger partial charge in [-0.3, -0.25) is 9.59 Å². The van der Waals surface area contributed by atoms with E-state index in [0.29, 0.717) is 19.6 Å². The molecule has 0 aromatic heterocycles. The summed E-state index contributed by atoms with van der Waals surface area (Å²) in [6.45, 7) is 4.04. The van der Waals surface area contributed by atoms with Gasteiger partial charge in [0.25, 0.3) is 0 Å². The summed E-state index contributed by atoms with van der Waals surface area (Å²) in [7, 11) is 1.52. The standard InChI is InChI=1S/C46H53NO11/c1-30(48)47-39-43(52-26-33-18-10-5-11-19-33)42(38(57-46(39)50-3)29-51-25-32-16-8-4-9-17-32)56-37-24-36-28-54-45(35-22-14-7-15-23-35)58-40(36)44(41(37)55-31(2)49)53-27-34-20-12-6-13-21-34/h4-23,36-46H,24-29H2,1-3H3,(H,47,48)/t36-,37-,38-,39-,40-,41+,42-,43-,44+,45-,46-/m1/s1. The van der Waals surface area contributed by atoms with E-state index in [2.05, 4.69) is 5.32 Å². The Balaban J connectivity index is 1.23. The van der Waals surface area contributed by atoms with Crippen LogP contribution in [0.1, 0.15) is 48.8 Å². The van der Waals surface area contributed by atoms with Gasteiger partial charge in [-0.05, 0) is 23.1 Å². The quantitative estimate of drug-likeness (QED) is 0.133. The number of carbonyl (C=O) groups excluding carboxylic acids is 2. The molecule has 12 nitrogen and oxygen atoms in total. The summed E-state index contributed by atoms with van der Waals surface area (Å²) in [5.41, 5.74) is 3.74. The highest BCUT2D eigenvalue weighted by molar-refractivity contribution is 5.73. The molecule has 4 aromatic rings. The van der Waals surface area contributed by atoms with E-state index in [9.17, 15) is 9.59 Å². The van der Waals surface area contributed by atoms with Crippen molar-refractivity contribution in [2.24, 2.45) is 5.92 Å². The van der Waals surface area contributed by atoms with Crippen LogP contribution < -0.4 is 5.32 Å². The van der Waals surface area contributed by atoms with Gasteiger partial charge in [-0.2, -0.15) is 0 Å². The van der Waals surface area contributed by atoms with Crippen LogP contribution in [0.5, 0.6) is 0 Å². The van der Waals surface area contributed by atoms with Gasteiger partial charge in [-0.15, -0.1) is 0 Å². The Morgan fingerprint density at radius 2 is 1.26 bits per heavy atom. The number of carbonyl (C=O) groups is 2. The van der Waals surface area contributed by atoms with E-state index in [1.165, 1.54) is 21.0 Å². The number of rotatable bonds is 16. The zero-order valence-electron chi connectivity index (χ0n) is 33.1. The Kier molecular flexibility index (Phi) is 14.7. The number of nitrogens with one attached hydrogen (secondary N) is 1. The third-order valence-electron chi connectivity index (χ3n) is 10.7. The molecule has 2 saturated heterocycles. The van der Waals surface area contributed by atoms with Crippen molar-refractivity contribution in [3.8, 4) is 0 Å². The first kappa shape index (κ1) is 41.7. The number of amides is 1. The monoisotopic (exact) mass is 795 g/mol. The fraction of sp³-hybridized carbons (Fsp3) is 0.435. The maximum atomic E-state index is 13.0. The number of hydrogen-bond acceptors (Lipinski definition) is 11. The Labute approximate surface area is 340 Å². The number of benzene rings is 4. The summed E-state index contributed by atoms with van der Waals surface area (Å²) in [6.07, 6.45) is -6.42. The molecule has 0 unspecified atom stereocenters. The lowest BCUT2D eigenvalue weighted by molar-refractivity contribution is -0.325. The van der Waals surface area contributed by atoms with Gasteiger partial charge in [0.15, 0.2) is 18.7 Å². The first-order valence-electron chi connectivity index (χ1n) is 19.9. The average molecular weight is 796 g/mol. The number of esters is 1. The van der Waals surface area contributed by atoms with Gasteiger partial charge in [-0.1, -0.05) is 121 Å². The minimum absolute atomic E-state index is 0.104. The number of methoxy groups -OCH3 is 1. The molecule has 12 heteroatoms. The second kappa shape index (κ2) is 20.5. The lowest BCUT2D eigenvalue weighted by Gasteiger charge is -2.51. The molecule has 308 valence electrons. The van der Waals surface area contributed by atoms with Crippen molar-refractivity contribution in [2.45, 2.75) is 101 Å². The molecule has 58 heavy (non-hydrogen) atoms. The lowest BCUT2D eigenvalue weighted by atomic mass is 9.79. The summed E-state index contributed by atoms with van der Waals surface area (Å²) in [5, 5.41) is 3.01. The molecule has 11 atom stereocenters. The van der Waals surface area contributed by atoms with Crippen molar-refractivity contribution in [2.75, 3.05) is 20.3 Å². The van der Waals surface area contributed by atoms with Crippen LogP contribution in [0.4, 0.5) is 0 Å². The maximum Gasteiger partial charge on any atom is 0.303 e. The second-order valence-electron chi connectivity index (χ2n) is 14.9. The molecule has 2 aliphatic heterocycles. The summed E-state index contributed by atoms with van der Waals surface area (Å²) in [4.78, 5) is 25.7. The predicted molar refractivity (Wildman–Crippen MR) is 212 cm³/mol.